The van der Waals surface area contributed by atoms with Crippen LogP contribution >= 0.6 is 0 Å². The van der Waals surface area contributed by atoms with Crippen molar-refractivity contribution in [1.29, 1.82) is 0 Å². The molecule has 5 rings (SSSR count). The van der Waals surface area contributed by atoms with E-state index >= 15 is 0 Å². The predicted octanol–water partition coefficient (Wildman–Crippen LogP) is 2.61. The molecule has 2 unspecified atom stereocenters. The van der Waals surface area contributed by atoms with Crippen LogP contribution in [0.5, 0.6) is 0 Å². The molecule has 0 bridgehead atoms. The first-order chi connectivity index (χ1) is 18.1. The van der Waals surface area contributed by atoms with Crippen LogP contribution in [0.1, 0.15) is 54.4 Å². The number of aromatic nitrogens is 3. The molecule has 200 valence electrons. The van der Waals surface area contributed by atoms with Crippen molar-refractivity contribution in [2.24, 2.45) is 21.5 Å². The normalized spacial score (nSPS) is 21.8. The Kier molecular flexibility index (Phi) is 6.83. The van der Waals surface area contributed by atoms with E-state index in [1.165, 1.54) is 17.2 Å². The molecule has 2 aromatic heterocycles. The molecule has 11 heteroatoms. The Morgan fingerprint density at radius 3 is 2.66 bits per heavy atom. The Morgan fingerprint density at radius 2 is 2.00 bits per heavy atom. The highest BCUT2D eigenvalue weighted by atomic mass is 19.4. The Labute approximate surface area is 218 Å². The molecule has 0 aliphatic carbocycles. The lowest BCUT2D eigenvalue weighted by molar-refractivity contribution is -0.183. The van der Waals surface area contributed by atoms with Crippen LogP contribution in [0.4, 0.5) is 13.2 Å². The van der Waals surface area contributed by atoms with Crippen molar-refractivity contribution in [3.63, 3.8) is 0 Å². The van der Waals surface area contributed by atoms with Crippen LogP contribution in [0.15, 0.2) is 46.6 Å². The van der Waals surface area contributed by atoms with Crippen LogP contribution in [-0.4, -0.2) is 57.6 Å². The minimum absolute atomic E-state index is 0.130. The summed E-state index contributed by atoms with van der Waals surface area (Å²) in [6.45, 7) is 4.37. The molecule has 3 atom stereocenters. The SMILES string of the molecule is CN=C(C)C(=CN)c1ccc2c(c1C)=NC(c1nnc3ccc([C@@H](N4CCC(N)C4)C(F)(F)F)cn13)CC=2. The monoisotopic (exact) mass is 524 g/mol. The molecule has 4 N–H and O–H groups in total. The molecule has 38 heavy (non-hydrogen) atoms. The number of hydrogen-bond acceptors (Lipinski definition) is 7. The van der Waals surface area contributed by atoms with Crippen LogP contribution in [0.25, 0.3) is 17.3 Å². The number of hydrogen-bond donors (Lipinski definition) is 2. The molecular formula is C27H31F3N8. The van der Waals surface area contributed by atoms with Crippen molar-refractivity contribution in [3.8, 4) is 0 Å². The highest BCUT2D eigenvalue weighted by molar-refractivity contribution is 6.22. The molecule has 3 aromatic rings. The number of likely N-dealkylation sites (tertiary alicyclic amines) is 1. The predicted molar refractivity (Wildman–Crippen MR) is 141 cm³/mol. The second kappa shape index (κ2) is 9.95. The van der Waals surface area contributed by atoms with Crippen molar-refractivity contribution in [2.45, 2.75) is 51.0 Å². The van der Waals surface area contributed by atoms with Crippen molar-refractivity contribution < 1.29 is 13.2 Å². The number of nitrogens with two attached hydrogens (primary N) is 2. The second-order valence-corrected chi connectivity index (χ2v) is 9.89. The van der Waals surface area contributed by atoms with E-state index in [2.05, 4.69) is 21.3 Å². The van der Waals surface area contributed by atoms with E-state index < -0.39 is 18.3 Å². The minimum Gasteiger partial charge on any atom is -0.404 e. The second-order valence-electron chi connectivity index (χ2n) is 9.89. The fourth-order valence-electron chi connectivity index (χ4n) is 5.46. The van der Waals surface area contributed by atoms with Gasteiger partial charge in [-0.1, -0.05) is 24.3 Å². The van der Waals surface area contributed by atoms with Gasteiger partial charge in [0.15, 0.2) is 11.5 Å². The van der Waals surface area contributed by atoms with Crippen LogP contribution in [0.2, 0.25) is 0 Å². The quantitative estimate of drug-likeness (QED) is 0.499. The maximum atomic E-state index is 14.2. The van der Waals surface area contributed by atoms with Gasteiger partial charge in [-0.15, -0.1) is 10.2 Å². The average Bonchev–Trinajstić information content (AvgIpc) is 3.50. The third kappa shape index (κ3) is 4.60. The standard InChI is InChI=1S/C27H31F3N8/c1-15-20(21(12-31)16(2)33-3)7-4-17-5-8-22(34-24(15)17)26-36-35-23-9-6-18(13-38(23)26)25(27(28,29)30)37-11-10-19(32)14-37/h4-7,9,12-13,19,22,25H,8,10-11,14,31-32H2,1-3H3/t19?,22?,25-/m1/s1. The van der Waals surface area contributed by atoms with Crippen molar-refractivity contribution >= 4 is 23.0 Å². The van der Waals surface area contributed by atoms with Crippen molar-refractivity contribution in [2.75, 3.05) is 20.1 Å². The molecule has 0 saturated carbocycles. The van der Waals surface area contributed by atoms with Crippen LogP contribution in [-0.2, 0) is 0 Å². The third-order valence-electron chi connectivity index (χ3n) is 7.49. The van der Waals surface area contributed by atoms with Crippen molar-refractivity contribution in [1.82, 2.24) is 19.5 Å². The maximum absolute atomic E-state index is 14.2. The van der Waals surface area contributed by atoms with Gasteiger partial charge in [-0.05, 0) is 54.7 Å². The summed E-state index contributed by atoms with van der Waals surface area (Å²) in [6.07, 6.45) is 1.75. The minimum atomic E-state index is -4.45. The number of nitrogens with zero attached hydrogens (tertiary/aromatic N) is 6. The van der Waals surface area contributed by atoms with Gasteiger partial charge in [-0.2, -0.15) is 13.2 Å². The summed E-state index contributed by atoms with van der Waals surface area (Å²) in [5, 5.41) is 10.4. The molecule has 1 fully saturated rings. The summed E-state index contributed by atoms with van der Waals surface area (Å²) >= 11 is 0. The lowest BCUT2D eigenvalue weighted by Gasteiger charge is -2.30. The molecule has 1 aromatic carbocycles. The van der Waals surface area contributed by atoms with E-state index in [-0.39, 0.29) is 18.2 Å². The first-order valence-corrected chi connectivity index (χ1v) is 12.6. The number of alkyl halides is 3. The highest BCUT2D eigenvalue weighted by Crippen LogP contribution is 2.39. The molecule has 4 heterocycles. The maximum Gasteiger partial charge on any atom is 0.408 e. The van der Waals surface area contributed by atoms with Crippen LogP contribution in [0.3, 0.4) is 0 Å². The zero-order valence-corrected chi connectivity index (χ0v) is 21.6. The van der Waals surface area contributed by atoms with E-state index in [0.29, 0.717) is 30.9 Å². The first-order valence-electron chi connectivity index (χ1n) is 12.6. The summed E-state index contributed by atoms with van der Waals surface area (Å²) in [5.74, 6) is 0.494. The summed E-state index contributed by atoms with van der Waals surface area (Å²) in [6, 6.07) is 4.64. The molecule has 8 nitrogen and oxygen atoms in total. The smallest absolute Gasteiger partial charge is 0.404 e. The number of allylic oxidation sites excluding steroid dienone is 1. The Hall–Kier alpha value is -3.57. The van der Waals surface area contributed by atoms with Gasteiger partial charge in [0.2, 0.25) is 0 Å². The van der Waals surface area contributed by atoms with Gasteiger partial charge in [0.05, 0.1) is 5.36 Å². The van der Waals surface area contributed by atoms with Crippen LogP contribution < -0.4 is 22.0 Å². The number of fused-ring (bicyclic) bond motifs is 2. The Bertz CT molecular complexity index is 1550. The molecule has 0 radical (unpaired) electrons. The van der Waals surface area contributed by atoms with Gasteiger partial charge in [-0.25, -0.2) is 0 Å². The molecule has 1 saturated heterocycles. The molecule has 2 aliphatic rings. The van der Waals surface area contributed by atoms with Gasteiger partial charge in [0, 0.05) is 49.9 Å². The third-order valence-corrected chi connectivity index (χ3v) is 7.49. The zero-order valence-electron chi connectivity index (χ0n) is 21.6. The van der Waals surface area contributed by atoms with Gasteiger partial charge in [0.25, 0.3) is 0 Å². The van der Waals surface area contributed by atoms with Crippen molar-refractivity contribution in [3.05, 3.63) is 69.8 Å². The fourth-order valence-corrected chi connectivity index (χ4v) is 5.46. The van der Waals surface area contributed by atoms with Crippen LogP contribution in [0, 0.1) is 6.92 Å². The fraction of sp³-hybridized carbons (Fsp3) is 0.407. The number of aliphatic imine (C=N–C) groups is 1. The molecular weight excluding hydrogens is 493 g/mol. The first kappa shape index (κ1) is 26.1. The van der Waals surface area contributed by atoms with E-state index in [0.717, 1.165) is 33.0 Å². The summed E-state index contributed by atoms with van der Waals surface area (Å²) < 4.78 is 44.3. The molecule has 0 amide bonds. The van der Waals surface area contributed by atoms with E-state index in [1.54, 1.807) is 23.7 Å². The largest absolute Gasteiger partial charge is 0.408 e. The van der Waals surface area contributed by atoms with Gasteiger partial charge >= 0.3 is 6.18 Å². The van der Waals surface area contributed by atoms with E-state index in [1.807, 2.05) is 26.0 Å². The number of benzene rings is 1. The molecule has 2 aliphatic heterocycles. The Balaban J connectivity index is 1.58. The van der Waals surface area contributed by atoms with Gasteiger partial charge in [-0.3, -0.25) is 19.3 Å². The number of halogens is 3. The zero-order chi connectivity index (χ0) is 27.2. The van der Waals surface area contributed by atoms with E-state index in [9.17, 15) is 13.2 Å². The number of rotatable bonds is 5. The number of pyridine rings is 1. The van der Waals surface area contributed by atoms with Gasteiger partial charge in [0.1, 0.15) is 12.1 Å². The summed E-state index contributed by atoms with van der Waals surface area (Å²) in [5.41, 5.74) is 15.9. The molecule has 0 spiro atoms. The van der Waals surface area contributed by atoms with E-state index in [4.69, 9.17) is 16.5 Å². The highest BCUT2D eigenvalue weighted by Gasteiger charge is 2.46. The van der Waals surface area contributed by atoms with Gasteiger partial charge < -0.3 is 11.5 Å². The lowest BCUT2D eigenvalue weighted by Crippen LogP contribution is -2.38. The topological polar surface area (TPSA) is 110 Å². The lowest BCUT2D eigenvalue weighted by atomic mass is 9.95. The Morgan fingerprint density at radius 1 is 1.21 bits per heavy atom. The summed E-state index contributed by atoms with van der Waals surface area (Å²) in [4.78, 5) is 10.7. The average molecular weight is 525 g/mol. The summed E-state index contributed by atoms with van der Waals surface area (Å²) in [7, 11) is 1.72.